The molecule has 1 unspecified atom stereocenters. The minimum Gasteiger partial charge on any atom is -0.481 e. The fourth-order valence-corrected chi connectivity index (χ4v) is 2.98. The molecule has 4 heteroatoms. The summed E-state index contributed by atoms with van der Waals surface area (Å²) in [6.45, 7) is 0.261. The highest BCUT2D eigenvalue weighted by Gasteiger charge is 2.49. The minimum atomic E-state index is -0.715. The molecule has 0 amide bonds. The first-order chi connectivity index (χ1) is 7.69. The number of hydrogen-bond acceptors (Lipinski definition) is 3. The summed E-state index contributed by atoms with van der Waals surface area (Å²) in [4.78, 5) is 11.4. The van der Waals surface area contributed by atoms with Crippen molar-refractivity contribution in [2.45, 2.75) is 25.7 Å². The van der Waals surface area contributed by atoms with Crippen molar-refractivity contribution < 1.29 is 9.90 Å². The van der Waals surface area contributed by atoms with E-state index in [1.807, 2.05) is 5.38 Å². The van der Waals surface area contributed by atoms with Gasteiger partial charge < -0.3 is 10.8 Å². The van der Waals surface area contributed by atoms with Crippen LogP contribution in [0.15, 0.2) is 16.8 Å². The smallest absolute Gasteiger partial charge is 0.311 e. The number of carboxylic acids is 1. The number of thiophene rings is 1. The summed E-state index contributed by atoms with van der Waals surface area (Å²) in [7, 11) is 0. The first kappa shape index (κ1) is 11.6. The SMILES string of the molecule is NCC(CCc1ccsc1)(C(=O)O)C1CC1. The minimum absolute atomic E-state index is 0.261. The Kier molecular flexibility index (Phi) is 3.30. The van der Waals surface area contributed by atoms with Gasteiger partial charge in [-0.25, -0.2) is 0 Å². The number of nitrogens with two attached hydrogens (primary N) is 1. The van der Waals surface area contributed by atoms with Crippen molar-refractivity contribution >= 4 is 17.3 Å². The molecule has 1 aliphatic carbocycles. The van der Waals surface area contributed by atoms with E-state index in [0.717, 1.165) is 19.3 Å². The van der Waals surface area contributed by atoms with Crippen LogP contribution in [-0.4, -0.2) is 17.6 Å². The second kappa shape index (κ2) is 4.55. The second-order valence-electron chi connectivity index (χ2n) is 4.57. The van der Waals surface area contributed by atoms with E-state index in [-0.39, 0.29) is 6.54 Å². The maximum absolute atomic E-state index is 11.4. The fourth-order valence-electron chi connectivity index (χ4n) is 2.28. The molecule has 1 atom stereocenters. The Hall–Kier alpha value is -0.870. The Bertz CT molecular complexity index is 359. The van der Waals surface area contributed by atoms with Crippen molar-refractivity contribution in [3.63, 3.8) is 0 Å². The first-order valence-corrected chi connectivity index (χ1v) is 6.58. The lowest BCUT2D eigenvalue weighted by atomic mass is 9.78. The Balaban J connectivity index is 2.04. The molecule has 0 bridgehead atoms. The highest BCUT2D eigenvalue weighted by atomic mass is 32.1. The predicted octanol–water partition coefficient (Wildman–Crippen LogP) is 2.12. The van der Waals surface area contributed by atoms with E-state index in [0.29, 0.717) is 12.3 Å². The van der Waals surface area contributed by atoms with Gasteiger partial charge in [-0.15, -0.1) is 0 Å². The molecular formula is C12H17NO2S. The summed E-state index contributed by atoms with van der Waals surface area (Å²) in [5, 5.41) is 13.5. The summed E-state index contributed by atoms with van der Waals surface area (Å²) in [5.74, 6) is -0.415. The van der Waals surface area contributed by atoms with Crippen molar-refractivity contribution in [2.75, 3.05) is 6.54 Å². The van der Waals surface area contributed by atoms with Crippen molar-refractivity contribution in [3.05, 3.63) is 22.4 Å². The molecule has 88 valence electrons. The van der Waals surface area contributed by atoms with Gasteiger partial charge in [0.25, 0.3) is 0 Å². The zero-order chi connectivity index (χ0) is 11.6. The van der Waals surface area contributed by atoms with Crippen LogP contribution in [0.4, 0.5) is 0 Å². The van der Waals surface area contributed by atoms with Gasteiger partial charge in [-0.2, -0.15) is 11.3 Å². The van der Waals surface area contributed by atoms with Crippen LogP contribution >= 0.6 is 11.3 Å². The third-order valence-corrected chi connectivity index (χ3v) is 4.32. The zero-order valence-corrected chi connectivity index (χ0v) is 10.0. The summed E-state index contributed by atoms with van der Waals surface area (Å²) >= 11 is 1.65. The number of carbonyl (C=O) groups is 1. The maximum atomic E-state index is 11.4. The lowest BCUT2D eigenvalue weighted by Crippen LogP contribution is -2.41. The van der Waals surface area contributed by atoms with Gasteiger partial charge in [0.1, 0.15) is 0 Å². The van der Waals surface area contributed by atoms with Gasteiger partial charge in [0, 0.05) is 6.54 Å². The topological polar surface area (TPSA) is 63.3 Å². The zero-order valence-electron chi connectivity index (χ0n) is 9.19. The molecule has 0 saturated heterocycles. The van der Waals surface area contributed by atoms with Crippen molar-refractivity contribution in [1.29, 1.82) is 0 Å². The predicted molar refractivity (Wildman–Crippen MR) is 64.5 cm³/mol. The Morgan fingerprint density at radius 2 is 2.38 bits per heavy atom. The lowest BCUT2D eigenvalue weighted by Gasteiger charge is -2.27. The lowest BCUT2D eigenvalue weighted by molar-refractivity contribution is -0.150. The van der Waals surface area contributed by atoms with Crippen molar-refractivity contribution in [1.82, 2.24) is 0 Å². The number of aryl methyl sites for hydroxylation is 1. The normalized spacial score (nSPS) is 19.3. The first-order valence-electron chi connectivity index (χ1n) is 5.63. The molecule has 1 fully saturated rings. The number of carboxylic acid groups (broad SMARTS) is 1. The molecule has 2 rings (SSSR count). The molecule has 16 heavy (non-hydrogen) atoms. The quantitative estimate of drug-likeness (QED) is 0.799. The van der Waals surface area contributed by atoms with Gasteiger partial charge in [0.15, 0.2) is 0 Å². The van der Waals surface area contributed by atoms with Crippen LogP contribution in [-0.2, 0) is 11.2 Å². The van der Waals surface area contributed by atoms with Crippen LogP contribution in [0.3, 0.4) is 0 Å². The third kappa shape index (κ3) is 2.13. The highest BCUT2D eigenvalue weighted by molar-refractivity contribution is 7.07. The summed E-state index contributed by atoms with van der Waals surface area (Å²) in [6, 6.07) is 2.06. The molecule has 1 saturated carbocycles. The van der Waals surface area contributed by atoms with E-state index >= 15 is 0 Å². The molecular weight excluding hydrogens is 222 g/mol. The van der Waals surface area contributed by atoms with Crippen molar-refractivity contribution in [2.24, 2.45) is 17.1 Å². The average molecular weight is 239 g/mol. The van der Waals surface area contributed by atoms with Crippen LogP contribution < -0.4 is 5.73 Å². The monoisotopic (exact) mass is 239 g/mol. The van der Waals surface area contributed by atoms with E-state index in [1.165, 1.54) is 5.56 Å². The average Bonchev–Trinajstić information content (AvgIpc) is 2.97. The number of hydrogen-bond donors (Lipinski definition) is 2. The third-order valence-electron chi connectivity index (χ3n) is 3.59. The molecule has 0 radical (unpaired) electrons. The van der Waals surface area contributed by atoms with Gasteiger partial charge in [-0.05, 0) is 54.0 Å². The summed E-state index contributed by atoms with van der Waals surface area (Å²) in [6.07, 6.45) is 3.53. The molecule has 0 spiro atoms. The molecule has 1 heterocycles. The van der Waals surface area contributed by atoms with E-state index in [2.05, 4.69) is 11.4 Å². The maximum Gasteiger partial charge on any atom is 0.311 e. The van der Waals surface area contributed by atoms with Crippen LogP contribution in [0.2, 0.25) is 0 Å². The van der Waals surface area contributed by atoms with Crippen LogP contribution in [0.5, 0.6) is 0 Å². The molecule has 1 aliphatic rings. The van der Waals surface area contributed by atoms with Crippen molar-refractivity contribution in [3.8, 4) is 0 Å². The summed E-state index contributed by atoms with van der Waals surface area (Å²) in [5.41, 5.74) is 6.26. The molecule has 0 aliphatic heterocycles. The molecule has 1 aromatic heterocycles. The van der Waals surface area contributed by atoms with Crippen LogP contribution in [0.1, 0.15) is 24.8 Å². The number of rotatable bonds is 6. The van der Waals surface area contributed by atoms with Gasteiger partial charge in [-0.3, -0.25) is 4.79 Å². The standard InChI is InChI=1S/C12H17NO2S/c13-8-12(11(14)15,10-1-2-10)5-3-9-4-6-16-7-9/h4,6-7,10H,1-3,5,8,13H2,(H,14,15). The van der Waals surface area contributed by atoms with Gasteiger partial charge in [-0.1, -0.05) is 0 Å². The van der Waals surface area contributed by atoms with Gasteiger partial charge in [0.05, 0.1) is 5.41 Å². The largest absolute Gasteiger partial charge is 0.481 e. The number of aliphatic carboxylic acids is 1. The Labute approximate surface area is 99.3 Å². The molecule has 3 N–H and O–H groups in total. The molecule has 0 aromatic carbocycles. The van der Waals surface area contributed by atoms with Gasteiger partial charge >= 0.3 is 5.97 Å². The van der Waals surface area contributed by atoms with Crippen LogP contribution in [0.25, 0.3) is 0 Å². The Morgan fingerprint density at radius 3 is 2.81 bits per heavy atom. The van der Waals surface area contributed by atoms with Gasteiger partial charge in [0.2, 0.25) is 0 Å². The van der Waals surface area contributed by atoms with E-state index in [9.17, 15) is 9.90 Å². The van der Waals surface area contributed by atoms with E-state index < -0.39 is 11.4 Å². The Morgan fingerprint density at radius 1 is 1.62 bits per heavy atom. The van der Waals surface area contributed by atoms with E-state index in [1.54, 1.807) is 11.3 Å². The highest BCUT2D eigenvalue weighted by Crippen LogP contribution is 2.48. The molecule has 3 nitrogen and oxygen atoms in total. The second-order valence-corrected chi connectivity index (χ2v) is 5.35. The fraction of sp³-hybridized carbons (Fsp3) is 0.583. The van der Waals surface area contributed by atoms with Crippen LogP contribution in [0, 0.1) is 11.3 Å². The molecule has 1 aromatic rings. The van der Waals surface area contributed by atoms with E-state index in [4.69, 9.17) is 5.73 Å². The summed E-state index contributed by atoms with van der Waals surface area (Å²) < 4.78 is 0.